The van der Waals surface area contributed by atoms with Crippen molar-refractivity contribution in [1.29, 1.82) is 0 Å². The number of nitrogens with one attached hydrogen (secondary N) is 2. The van der Waals surface area contributed by atoms with Gasteiger partial charge in [-0.15, -0.1) is 0 Å². The number of rotatable bonds is 2. The molecular formula is C16H21N5. The highest BCUT2D eigenvalue weighted by Crippen LogP contribution is 2.34. The number of hydrogen-bond acceptors (Lipinski definition) is 3. The highest BCUT2D eigenvalue weighted by atomic mass is 15.1. The number of aryl methyl sites for hydroxylation is 1. The minimum absolute atomic E-state index is 0.556. The van der Waals surface area contributed by atoms with Crippen LogP contribution in [-0.2, 0) is 0 Å². The SMILES string of the molecule is CNC1CCC(n2c(C)nc3cnc4[nH]ccc4c32)CC1. The Bertz CT molecular complexity index is 777. The summed E-state index contributed by atoms with van der Waals surface area (Å²) < 4.78 is 2.44. The van der Waals surface area contributed by atoms with Crippen molar-refractivity contribution in [1.82, 2.24) is 24.8 Å². The number of hydrogen-bond donors (Lipinski definition) is 2. The van der Waals surface area contributed by atoms with Crippen molar-refractivity contribution in [2.75, 3.05) is 7.05 Å². The van der Waals surface area contributed by atoms with Crippen LogP contribution in [0, 0.1) is 6.92 Å². The Morgan fingerprint density at radius 3 is 2.86 bits per heavy atom. The fourth-order valence-electron chi connectivity index (χ4n) is 3.78. The minimum Gasteiger partial charge on any atom is -0.346 e. The van der Waals surface area contributed by atoms with Crippen molar-refractivity contribution in [2.45, 2.75) is 44.7 Å². The van der Waals surface area contributed by atoms with Gasteiger partial charge in [-0.05, 0) is 45.7 Å². The van der Waals surface area contributed by atoms with E-state index in [1.807, 2.05) is 12.4 Å². The molecule has 1 aliphatic rings. The molecule has 3 heterocycles. The van der Waals surface area contributed by atoms with E-state index in [1.165, 1.54) is 36.6 Å². The Morgan fingerprint density at radius 2 is 2.10 bits per heavy atom. The van der Waals surface area contributed by atoms with Crippen molar-refractivity contribution in [3.63, 3.8) is 0 Å². The first kappa shape index (κ1) is 12.8. The second kappa shape index (κ2) is 4.84. The van der Waals surface area contributed by atoms with Gasteiger partial charge in [-0.1, -0.05) is 0 Å². The minimum atomic E-state index is 0.556. The van der Waals surface area contributed by atoms with Gasteiger partial charge in [0.15, 0.2) is 0 Å². The standard InChI is InChI=1S/C16H21N5/c1-10-20-14-9-19-16-13(7-8-18-16)15(14)21(10)12-5-3-11(17-2)4-6-12/h7-9,11-12,17H,3-6H2,1-2H3,(H,18,19). The predicted molar refractivity (Wildman–Crippen MR) is 84.5 cm³/mol. The molecule has 4 rings (SSSR count). The Hall–Kier alpha value is -1.88. The highest BCUT2D eigenvalue weighted by molar-refractivity contribution is 6.01. The number of imidazole rings is 1. The molecular weight excluding hydrogens is 262 g/mol. The molecule has 5 nitrogen and oxygen atoms in total. The maximum Gasteiger partial charge on any atom is 0.139 e. The molecule has 2 N–H and O–H groups in total. The molecule has 5 heteroatoms. The number of aromatic nitrogens is 4. The van der Waals surface area contributed by atoms with Gasteiger partial charge < -0.3 is 14.9 Å². The molecule has 1 fully saturated rings. The Kier molecular flexibility index (Phi) is 2.96. The predicted octanol–water partition coefficient (Wildman–Crippen LogP) is 2.92. The normalized spacial score (nSPS) is 23.1. The van der Waals surface area contributed by atoms with Crippen molar-refractivity contribution >= 4 is 22.1 Å². The molecule has 0 spiro atoms. The van der Waals surface area contributed by atoms with Crippen molar-refractivity contribution in [3.8, 4) is 0 Å². The largest absolute Gasteiger partial charge is 0.346 e. The van der Waals surface area contributed by atoms with E-state index in [0.717, 1.165) is 17.0 Å². The van der Waals surface area contributed by atoms with Gasteiger partial charge in [0.1, 0.15) is 17.0 Å². The van der Waals surface area contributed by atoms with E-state index in [1.54, 1.807) is 0 Å². The molecule has 0 aromatic carbocycles. The van der Waals surface area contributed by atoms with Crippen LogP contribution in [0.2, 0.25) is 0 Å². The second-order valence-corrected chi connectivity index (χ2v) is 6.06. The van der Waals surface area contributed by atoms with Gasteiger partial charge in [0.25, 0.3) is 0 Å². The van der Waals surface area contributed by atoms with Gasteiger partial charge in [-0.2, -0.15) is 0 Å². The fourth-order valence-corrected chi connectivity index (χ4v) is 3.78. The van der Waals surface area contributed by atoms with E-state index in [2.05, 4.69) is 39.9 Å². The maximum atomic E-state index is 4.73. The zero-order valence-corrected chi connectivity index (χ0v) is 12.6. The van der Waals surface area contributed by atoms with Gasteiger partial charge in [0.2, 0.25) is 0 Å². The van der Waals surface area contributed by atoms with E-state index in [-0.39, 0.29) is 0 Å². The van der Waals surface area contributed by atoms with Crippen LogP contribution in [0.15, 0.2) is 18.5 Å². The number of H-pyrrole nitrogens is 1. The molecule has 0 atom stereocenters. The quantitative estimate of drug-likeness (QED) is 0.760. The molecule has 21 heavy (non-hydrogen) atoms. The molecule has 110 valence electrons. The third-order valence-corrected chi connectivity index (χ3v) is 4.88. The third kappa shape index (κ3) is 1.95. The first-order valence-electron chi connectivity index (χ1n) is 7.76. The molecule has 3 aromatic heterocycles. The Labute approximate surface area is 123 Å². The molecule has 3 aromatic rings. The van der Waals surface area contributed by atoms with Crippen LogP contribution in [0.25, 0.3) is 22.1 Å². The molecule has 0 aliphatic heterocycles. The van der Waals surface area contributed by atoms with E-state index in [0.29, 0.717) is 12.1 Å². The monoisotopic (exact) mass is 283 g/mol. The van der Waals surface area contributed by atoms with Crippen LogP contribution < -0.4 is 5.32 Å². The van der Waals surface area contributed by atoms with Gasteiger partial charge in [0, 0.05) is 23.7 Å². The maximum absolute atomic E-state index is 4.73. The van der Waals surface area contributed by atoms with Crippen LogP contribution in [0.1, 0.15) is 37.5 Å². The Balaban J connectivity index is 1.84. The summed E-state index contributed by atoms with van der Waals surface area (Å²) in [6, 6.07) is 3.34. The molecule has 0 bridgehead atoms. The molecule has 0 amide bonds. The van der Waals surface area contributed by atoms with E-state index in [4.69, 9.17) is 4.98 Å². The number of pyridine rings is 1. The summed E-state index contributed by atoms with van der Waals surface area (Å²) in [5.74, 6) is 1.11. The summed E-state index contributed by atoms with van der Waals surface area (Å²) in [5, 5.41) is 4.59. The topological polar surface area (TPSA) is 58.5 Å². The average molecular weight is 283 g/mol. The number of aromatic amines is 1. The van der Waals surface area contributed by atoms with Crippen LogP contribution in [0.3, 0.4) is 0 Å². The summed E-state index contributed by atoms with van der Waals surface area (Å²) in [7, 11) is 2.07. The van der Waals surface area contributed by atoms with E-state index >= 15 is 0 Å². The molecule has 0 unspecified atom stereocenters. The third-order valence-electron chi connectivity index (χ3n) is 4.88. The summed E-state index contributed by atoms with van der Waals surface area (Å²) in [6.45, 7) is 2.11. The lowest BCUT2D eigenvalue weighted by Gasteiger charge is -2.30. The van der Waals surface area contributed by atoms with Gasteiger partial charge >= 0.3 is 0 Å². The molecule has 1 aliphatic carbocycles. The highest BCUT2D eigenvalue weighted by Gasteiger charge is 2.25. The summed E-state index contributed by atoms with van der Waals surface area (Å²) in [5.41, 5.74) is 3.20. The number of nitrogens with zero attached hydrogens (tertiary/aromatic N) is 3. The van der Waals surface area contributed by atoms with Crippen molar-refractivity contribution in [2.24, 2.45) is 0 Å². The number of fused-ring (bicyclic) bond motifs is 3. The molecule has 1 saturated carbocycles. The van der Waals surface area contributed by atoms with Crippen LogP contribution >= 0.6 is 0 Å². The zero-order chi connectivity index (χ0) is 14.4. The fraction of sp³-hybridized carbons (Fsp3) is 0.500. The van der Waals surface area contributed by atoms with E-state index < -0.39 is 0 Å². The Morgan fingerprint density at radius 1 is 1.29 bits per heavy atom. The van der Waals surface area contributed by atoms with Crippen molar-refractivity contribution < 1.29 is 0 Å². The van der Waals surface area contributed by atoms with E-state index in [9.17, 15) is 0 Å². The summed E-state index contributed by atoms with van der Waals surface area (Å²) in [4.78, 5) is 12.4. The molecule has 0 saturated heterocycles. The van der Waals surface area contributed by atoms with Gasteiger partial charge in [0.05, 0.1) is 11.7 Å². The second-order valence-electron chi connectivity index (χ2n) is 6.06. The lowest BCUT2D eigenvalue weighted by Crippen LogP contribution is -2.31. The summed E-state index contributed by atoms with van der Waals surface area (Å²) >= 11 is 0. The van der Waals surface area contributed by atoms with Gasteiger partial charge in [-0.25, -0.2) is 9.97 Å². The molecule has 0 radical (unpaired) electrons. The lowest BCUT2D eigenvalue weighted by atomic mass is 9.91. The van der Waals surface area contributed by atoms with Gasteiger partial charge in [-0.3, -0.25) is 0 Å². The first-order valence-corrected chi connectivity index (χ1v) is 7.76. The van der Waals surface area contributed by atoms with Crippen LogP contribution in [0.4, 0.5) is 0 Å². The summed E-state index contributed by atoms with van der Waals surface area (Å²) in [6.07, 6.45) is 8.75. The van der Waals surface area contributed by atoms with Crippen LogP contribution in [-0.4, -0.2) is 32.6 Å². The first-order chi connectivity index (χ1) is 10.3. The lowest BCUT2D eigenvalue weighted by molar-refractivity contribution is 0.302. The average Bonchev–Trinajstić information content (AvgIpc) is 3.10. The zero-order valence-electron chi connectivity index (χ0n) is 12.6. The van der Waals surface area contributed by atoms with Crippen LogP contribution in [0.5, 0.6) is 0 Å². The smallest absolute Gasteiger partial charge is 0.139 e. The van der Waals surface area contributed by atoms with Crippen molar-refractivity contribution in [3.05, 3.63) is 24.3 Å².